The molecule has 0 aromatic heterocycles. The van der Waals surface area contributed by atoms with Crippen LogP contribution in [0.5, 0.6) is 0 Å². The summed E-state index contributed by atoms with van der Waals surface area (Å²) < 4.78 is 11.0. The van der Waals surface area contributed by atoms with Crippen molar-refractivity contribution in [1.82, 2.24) is 10.6 Å². The third kappa shape index (κ3) is 8.14. The minimum absolute atomic E-state index is 0.0883. The van der Waals surface area contributed by atoms with Crippen LogP contribution in [-0.2, 0) is 20.4 Å². The number of carboxylic acids is 2. The molecule has 0 aromatic rings. The second kappa shape index (κ2) is 8.46. The predicted molar refractivity (Wildman–Crippen MR) is 68.4 cm³/mol. The molecule has 8 nitrogen and oxygen atoms in total. The van der Waals surface area contributed by atoms with Crippen LogP contribution in [-0.4, -0.2) is 56.5 Å². The molecular formula is C10H18N2O6S. The summed E-state index contributed by atoms with van der Waals surface area (Å²) in [6, 6.07) is -2.24. The summed E-state index contributed by atoms with van der Waals surface area (Å²) in [5, 5.41) is 21.5. The standard InChI is InChI=1S/C10H18N2O6S/c1-6(19(2)18)3-4-11-10(17)12-7(9(15)16)5-8(13)14/h6-7H,3-5H2,1-2H3,(H,13,14)(H,15,16)(H2,11,12,17)/t6?,7-,19?/m0/s1. The van der Waals surface area contributed by atoms with E-state index in [4.69, 9.17) is 10.2 Å². The van der Waals surface area contributed by atoms with Gasteiger partial charge in [-0.15, -0.1) is 0 Å². The molecule has 0 fully saturated rings. The largest absolute Gasteiger partial charge is 0.481 e. The van der Waals surface area contributed by atoms with Crippen LogP contribution in [0.25, 0.3) is 0 Å². The summed E-state index contributed by atoms with van der Waals surface area (Å²) in [6.45, 7) is 1.99. The lowest BCUT2D eigenvalue weighted by atomic mass is 10.2. The molecule has 0 saturated carbocycles. The highest BCUT2D eigenvalue weighted by Gasteiger charge is 2.22. The lowest BCUT2D eigenvalue weighted by Crippen LogP contribution is -2.47. The van der Waals surface area contributed by atoms with Crippen molar-refractivity contribution in [3.8, 4) is 0 Å². The average Bonchev–Trinajstić information content (AvgIpc) is 2.26. The molecule has 0 aliphatic rings. The molecule has 0 rings (SSSR count). The van der Waals surface area contributed by atoms with Crippen molar-refractivity contribution in [2.75, 3.05) is 12.8 Å². The van der Waals surface area contributed by atoms with E-state index in [1.165, 1.54) is 0 Å². The van der Waals surface area contributed by atoms with E-state index < -0.39 is 41.2 Å². The van der Waals surface area contributed by atoms with Gasteiger partial charge in [-0.2, -0.15) is 0 Å². The van der Waals surface area contributed by atoms with Gasteiger partial charge in [0, 0.05) is 28.9 Å². The highest BCUT2D eigenvalue weighted by Crippen LogP contribution is 1.97. The molecule has 9 heteroatoms. The summed E-state index contributed by atoms with van der Waals surface area (Å²) >= 11 is 0. The number of carboxylic acid groups (broad SMARTS) is 2. The van der Waals surface area contributed by atoms with Gasteiger partial charge in [-0.25, -0.2) is 9.59 Å². The number of aliphatic carboxylic acids is 2. The number of rotatable bonds is 8. The molecule has 0 radical (unpaired) electrons. The number of hydrogen-bond acceptors (Lipinski definition) is 4. The smallest absolute Gasteiger partial charge is 0.326 e. The van der Waals surface area contributed by atoms with E-state index in [-0.39, 0.29) is 11.8 Å². The quantitative estimate of drug-likeness (QED) is 0.471. The lowest BCUT2D eigenvalue weighted by molar-refractivity contribution is -0.145. The summed E-state index contributed by atoms with van der Waals surface area (Å²) in [4.78, 5) is 32.4. The Morgan fingerprint density at radius 3 is 2.26 bits per heavy atom. The molecule has 0 bridgehead atoms. The molecule has 110 valence electrons. The van der Waals surface area contributed by atoms with E-state index in [9.17, 15) is 18.6 Å². The van der Waals surface area contributed by atoms with Crippen LogP contribution in [0, 0.1) is 0 Å². The molecule has 0 aliphatic heterocycles. The maximum atomic E-state index is 11.3. The van der Waals surface area contributed by atoms with Crippen LogP contribution in [0.15, 0.2) is 0 Å². The van der Waals surface area contributed by atoms with Gasteiger partial charge in [0.2, 0.25) is 0 Å². The van der Waals surface area contributed by atoms with Gasteiger partial charge >= 0.3 is 18.0 Å². The highest BCUT2D eigenvalue weighted by atomic mass is 32.2. The maximum Gasteiger partial charge on any atom is 0.326 e. The van der Waals surface area contributed by atoms with Crippen molar-refractivity contribution >= 4 is 28.8 Å². The first-order chi connectivity index (χ1) is 8.73. The van der Waals surface area contributed by atoms with Crippen LogP contribution in [0.4, 0.5) is 4.79 Å². The van der Waals surface area contributed by atoms with Crippen molar-refractivity contribution < 1.29 is 28.8 Å². The second-order valence-electron chi connectivity index (χ2n) is 3.99. The van der Waals surface area contributed by atoms with Gasteiger partial charge in [-0.3, -0.25) is 9.00 Å². The van der Waals surface area contributed by atoms with E-state index in [2.05, 4.69) is 5.32 Å². The minimum atomic E-state index is -1.48. The van der Waals surface area contributed by atoms with Gasteiger partial charge in [0.1, 0.15) is 6.04 Å². The Kier molecular flexibility index (Phi) is 7.73. The Hall–Kier alpha value is -1.64. The minimum Gasteiger partial charge on any atom is -0.481 e. The molecule has 0 heterocycles. The molecule has 2 unspecified atom stereocenters. The molecule has 0 aromatic carbocycles. The first-order valence-corrected chi connectivity index (χ1v) is 7.17. The monoisotopic (exact) mass is 294 g/mol. The van der Waals surface area contributed by atoms with E-state index >= 15 is 0 Å². The van der Waals surface area contributed by atoms with Crippen LogP contribution in [0.2, 0.25) is 0 Å². The van der Waals surface area contributed by atoms with Crippen LogP contribution >= 0.6 is 0 Å². The Morgan fingerprint density at radius 2 is 1.84 bits per heavy atom. The van der Waals surface area contributed by atoms with Gasteiger partial charge in [-0.1, -0.05) is 6.92 Å². The van der Waals surface area contributed by atoms with E-state index in [0.717, 1.165) is 0 Å². The molecular weight excluding hydrogens is 276 g/mol. The normalized spacial score (nSPS) is 15.1. The number of nitrogens with one attached hydrogen (secondary N) is 2. The van der Waals surface area contributed by atoms with Crippen molar-refractivity contribution in [3.05, 3.63) is 0 Å². The molecule has 0 saturated heterocycles. The van der Waals surface area contributed by atoms with E-state index in [1.54, 1.807) is 13.2 Å². The van der Waals surface area contributed by atoms with Gasteiger partial charge in [0.25, 0.3) is 0 Å². The van der Waals surface area contributed by atoms with Gasteiger partial charge in [-0.05, 0) is 6.42 Å². The lowest BCUT2D eigenvalue weighted by Gasteiger charge is -2.14. The van der Waals surface area contributed by atoms with Gasteiger partial charge < -0.3 is 20.8 Å². The molecule has 2 amide bonds. The van der Waals surface area contributed by atoms with Crippen LogP contribution in [0.3, 0.4) is 0 Å². The van der Waals surface area contributed by atoms with Gasteiger partial charge in [0.15, 0.2) is 0 Å². The van der Waals surface area contributed by atoms with Crippen molar-refractivity contribution in [3.63, 3.8) is 0 Å². The van der Waals surface area contributed by atoms with Crippen LogP contribution < -0.4 is 10.6 Å². The van der Waals surface area contributed by atoms with E-state index in [0.29, 0.717) is 6.42 Å². The summed E-state index contributed by atoms with van der Waals surface area (Å²) in [6.07, 6.45) is 1.34. The second-order valence-corrected chi connectivity index (χ2v) is 5.79. The third-order valence-corrected chi connectivity index (χ3v) is 3.75. The highest BCUT2D eigenvalue weighted by molar-refractivity contribution is 7.84. The number of hydrogen-bond donors (Lipinski definition) is 4. The molecule has 4 N–H and O–H groups in total. The third-order valence-electron chi connectivity index (χ3n) is 2.39. The fraction of sp³-hybridized carbons (Fsp3) is 0.700. The summed E-state index contributed by atoms with van der Waals surface area (Å²) in [7, 11) is -0.994. The average molecular weight is 294 g/mol. The number of carbonyl (C=O) groups excluding carboxylic acids is 1. The van der Waals surface area contributed by atoms with Gasteiger partial charge in [0.05, 0.1) is 6.42 Å². The first-order valence-electron chi connectivity index (χ1n) is 5.55. The fourth-order valence-corrected chi connectivity index (χ4v) is 1.59. The molecule has 19 heavy (non-hydrogen) atoms. The topological polar surface area (TPSA) is 133 Å². The molecule has 0 aliphatic carbocycles. The zero-order valence-corrected chi connectivity index (χ0v) is 11.5. The Bertz CT molecular complexity index is 373. The summed E-state index contributed by atoms with van der Waals surface area (Å²) in [5.74, 6) is -2.73. The van der Waals surface area contributed by atoms with Crippen molar-refractivity contribution in [2.24, 2.45) is 0 Å². The number of carbonyl (C=O) groups is 3. The van der Waals surface area contributed by atoms with Crippen molar-refractivity contribution in [1.29, 1.82) is 0 Å². The molecule has 3 atom stereocenters. The summed E-state index contributed by atoms with van der Waals surface area (Å²) in [5.41, 5.74) is 0. The SMILES string of the molecule is CC(CCNC(=O)N[C@@H](CC(=O)O)C(=O)O)S(C)=O. The zero-order chi connectivity index (χ0) is 15.0. The first kappa shape index (κ1) is 17.4. The Labute approximate surface area is 113 Å². The fourth-order valence-electron chi connectivity index (χ4n) is 1.14. The van der Waals surface area contributed by atoms with Crippen LogP contribution in [0.1, 0.15) is 19.8 Å². The zero-order valence-electron chi connectivity index (χ0n) is 10.7. The Balaban J connectivity index is 4.10. The predicted octanol–water partition coefficient (Wildman–Crippen LogP) is -0.629. The molecule has 0 spiro atoms. The number of amides is 2. The maximum absolute atomic E-state index is 11.3. The Morgan fingerprint density at radius 1 is 1.26 bits per heavy atom. The van der Waals surface area contributed by atoms with Crippen molar-refractivity contribution in [2.45, 2.75) is 31.1 Å². The van der Waals surface area contributed by atoms with E-state index in [1.807, 2.05) is 5.32 Å². The number of urea groups is 1.